The lowest BCUT2D eigenvalue weighted by Gasteiger charge is -2.33. The molecule has 1 aliphatic carbocycles. The first-order chi connectivity index (χ1) is 11.7. The van der Waals surface area contributed by atoms with Crippen LogP contribution in [0.15, 0.2) is 30.6 Å². The first-order valence-corrected chi connectivity index (χ1v) is 9.11. The molecule has 0 bridgehead atoms. The largest absolute Gasteiger partial charge is 0.387 e. The number of anilines is 1. The summed E-state index contributed by atoms with van der Waals surface area (Å²) in [7, 11) is 0. The second-order valence-electron chi connectivity index (χ2n) is 7.24. The molecule has 1 N–H and O–H groups in total. The van der Waals surface area contributed by atoms with Crippen LogP contribution in [0.25, 0.3) is 0 Å². The maximum absolute atomic E-state index is 9.73. The molecule has 1 saturated heterocycles. The van der Waals surface area contributed by atoms with Crippen LogP contribution < -0.4 is 4.90 Å². The van der Waals surface area contributed by atoms with Crippen molar-refractivity contribution in [1.82, 2.24) is 14.5 Å². The Balaban J connectivity index is 1.41. The molecule has 4 rings (SSSR count). The van der Waals surface area contributed by atoms with E-state index in [0.717, 1.165) is 49.9 Å². The molecule has 24 heavy (non-hydrogen) atoms. The first kappa shape index (κ1) is 15.6. The summed E-state index contributed by atoms with van der Waals surface area (Å²) in [5.74, 6) is 3.68. The molecule has 2 aliphatic rings. The predicted molar refractivity (Wildman–Crippen MR) is 94.0 cm³/mol. The van der Waals surface area contributed by atoms with Gasteiger partial charge in [0.05, 0.1) is 11.8 Å². The lowest BCUT2D eigenvalue weighted by molar-refractivity contribution is 0.194. The standard InChI is InChI=1S/C19H26N4O/c1-14(24)17-3-2-4-18(21-17)22-10-7-16(8-11-22)19-20-9-12-23(19)13-15-5-6-15/h2-4,9,12,14-16,24H,5-8,10-11,13H2,1H3/t14-/m1/s1. The normalized spacial score (nSPS) is 20.3. The number of pyridine rings is 1. The maximum Gasteiger partial charge on any atom is 0.128 e. The van der Waals surface area contributed by atoms with E-state index in [1.165, 1.54) is 18.7 Å². The van der Waals surface area contributed by atoms with Crippen LogP contribution in [0.3, 0.4) is 0 Å². The summed E-state index contributed by atoms with van der Waals surface area (Å²) >= 11 is 0. The molecule has 2 aromatic heterocycles. The van der Waals surface area contributed by atoms with Crippen LogP contribution in [-0.2, 0) is 6.54 Å². The van der Waals surface area contributed by atoms with E-state index < -0.39 is 6.10 Å². The molecule has 0 radical (unpaired) electrons. The molecule has 5 nitrogen and oxygen atoms in total. The predicted octanol–water partition coefficient (Wildman–Crippen LogP) is 3.13. The molecule has 2 aromatic rings. The molecule has 128 valence electrons. The summed E-state index contributed by atoms with van der Waals surface area (Å²) in [5, 5.41) is 9.73. The SMILES string of the molecule is C[C@@H](O)c1cccc(N2CCC(c3nccn3CC3CC3)CC2)n1. The molecule has 0 aromatic carbocycles. The average Bonchev–Trinajstić information content (AvgIpc) is 3.30. The second-order valence-corrected chi connectivity index (χ2v) is 7.24. The van der Waals surface area contributed by atoms with E-state index in [9.17, 15) is 5.11 Å². The van der Waals surface area contributed by atoms with Crippen LogP contribution in [0, 0.1) is 5.92 Å². The molecular formula is C19H26N4O. The lowest BCUT2D eigenvalue weighted by atomic mass is 9.95. The molecule has 1 saturated carbocycles. The van der Waals surface area contributed by atoms with E-state index in [-0.39, 0.29) is 0 Å². The van der Waals surface area contributed by atoms with Crippen LogP contribution in [0.4, 0.5) is 5.82 Å². The van der Waals surface area contributed by atoms with E-state index in [2.05, 4.69) is 25.6 Å². The Kier molecular flexibility index (Phi) is 4.27. The number of imidazole rings is 1. The molecule has 5 heteroatoms. The molecule has 0 amide bonds. The number of piperidine rings is 1. The van der Waals surface area contributed by atoms with Crippen molar-refractivity contribution in [2.45, 2.75) is 51.2 Å². The molecule has 1 atom stereocenters. The van der Waals surface area contributed by atoms with Gasteiger partial charge in [0.25, 0.3) is 0 Å². The van der Waals surface area contributed by atoms with Gasteiger partial charge in [-0.1, -0.05) is 6.07 Å². The van der Waals surface area contributed by atoms with Crippen LogP contribution >= 0.6 is 0 Å². The fraction of sp³-hybridized carbons (Fsp3) is 0.579. The van der Waals surface area contributed by atoms with E-state index in [1.54, 1.807) is 6.92 Å². The zero-order chi connectivity index (χ0) is 16.5. The Bertz CT molecular complexity index is 684. The number of rotatable bonds is 5. The number of hydrogen-bond donors (Lipinski definition) is 1. The van der Waals surface area contributed by atoms with Crippen molar-refractivity contribution < 1.29 is 5.11 Å². The van der Waals surface area contributed by atoms with Crippen LogP contribution in [-0.4, -0.2) is 32.7 Å². The van der Waals surface area contributed by atoms with E-state index in [0.29, 0.717) is 5.92 Å². The quantitative estimate of drug-likeness (QED) is 0.917. The van der Waals surface area contributed by atoms with E-state index in [4.69, 9.17) is 0 Å². The fourth-order valence-corrected chi connectivity index (χ4v) is 3.63. The van der Waals surface area contributed by atoms with Crippen LogP contribution in [0.5, 0.6) is 0 Å². The van der Waals surface area contributed by atoms with Crippen molar-refractivity contribution in [2.24, 2.45) is 5.92 Å². The number of aliphatic hydroxyl groups excluding tert-OH is 1. The minimum Gasteiger partial charge on any atom is -0.387 e. The zero-order valence-electron chi connectivity index (χ0n) is 14.3. The third-order valence-electron chi connectivity index (χ3n) is 5.27. The number of nitrogens with zero attached hydrogens (tertiary/aromatic N) is 4. The topological polar surface area (TPSA) is 54.2 Å². The highest BCUT2D eigenvalue weighted by Crippen LogP contribution is 2.34. The molecule has 0 unspecified atom stereocenters. The Morgan fingerprint density at radius 3 is 2.71 bits per heavy atom. The van der Waals surface area contributed by atoms with Crippen molar-refractivity contribution in [2.75, 3.05) is 18.0 Å². The third kappa shape index (κ3) is 3.31. The van der Waals surface area contributed by atoms with Crippen molar-refractivity contribution in [3.05, 3.63) is 42.1 Å². The molecule has 2 fully saturated rings. The van der Waals surface area contributed by atoms with Gasteiger partial charge in [-0.25, -0.2) is 9.97 Å². The monoisotopic (exact) mass is 326 g/mol. The van der Waals surface area contributed by atoms with Gasteiger partial charge >= 0.3 is 0 Å². The van der Waals surface area contributed by atoms with Gasteiger partial charge in [-0.15, -0.1) is 0 Å². The second kappa shape index (κ2) is 6.55. The van der Waals surface area contributed by atoms with Crippen molar-refractivity contribution >= 4 is 5.82 Å². The van der Waals surface area contributed by atoms with Gasteiger partial charge in [0, 0.05) is 37.9 Å². The summed E-state index contributed by atoms with van der Waals surface area (Å²) in [6.45, 7) is 4.90. The first-order valence-electron chi connectivity index (χ1n) is 9.11. The highest BCUT2D eigenvalue weighted by atomic mass is 16.3. The number of aliphatic hydroxyl groups is 1. The molecular weight excluding hydrogens is 300 g/mol. The van der Waals surface area contributed by atoms with Crippen molar-refractivity contribution in [1.29, 1.82) is 0 Å². The average molecular weight is 326 g/mol. The van der Waals surface area contributed by atoms with Gasteiger partial charge in [0.1, 0.15) is 11.6 Å². The van der Waals surface area contributed by atoms with Crippen LogP contribution in [0.1, 0.15) is 56.1 Å². The highest BCUT2D eigenvalue weighted by molar-refractivity contribution is 5.40. The Morgan fingerprint density at radius 2 is 2.00 bits per heavy atom. The molecule has 3 heterocycles. The summed E-state index contributed by atoms with van der Waals surface area (Å²) < 4.78 is 2.38. The van der Waals surface area contributed by atoms with Gasteiger partial charge in [-0.3, -0.25) is 0 Å². The third-order valence-corrected chi connectivity index (χ3v) is 5.27. The summed E-state index contributed by atoms with van der Waals surface area (Å²) in [4.78, 5) is 11.6. The van der Waals surface area contributed by atoms with Gasteiger partial charge in [0.2, 0.25) is 0 Å². The van der Waals surface area contributed by atoms with Gasteiger partial charge < -0.3 is 14.6 Å². The fourth-order valence-electron chi connectivity index (χ4n) is 3.63. The zero-order valence-corrected chi connectivity index (χ0v) is 14.3. The minimum absolute atomic E-state index is 0.516. The number of hydrogen-bond acceptors (Lipinski definition) is 4. The van der Waals surface area contributed by atoms with Gasteiger partial charge in [-0.2, -0.15) is 0 Å². The van der Waals surface area contributed by atoms with Crippen LogP contribution in [0.2, 0.25) is 0 Å². The summed E-state index contributed by atoms with van der Waals surface area (Å²) in [5.41, 5.74) is 0.745. The minimum atomic E-state index is -0.516. The van der Waals surface area contributed by atoms with E-state index >= 15 is 0 Å². The maximum atomic E-state index is 9.73. The van der Waals surface area contributed by atoms with Gasteiger partial charge in [-0.05, 0) is 50.7 Å². The summed E-state index contributed by atoms with van der Waals surface area (Å²) in [6, 6.07) is 5.91. The van der Waals surface area contributed by atoms with Crippen molar-refractivity contribution in [3.63, 3.8) is 0 Å². The Morgan fingerprint density at radius 1 is 1.21 bits per heavy atom. The number of aromatic nitrogens is 3. The molecule has 1 aliphatic heterocycles. The highest BCUT2D eigenvalue weighted by Gasteiger charge is 2.27. The smallest absolute Gasteiger partial charge is 0.128 e. The van der Waals surface area contributed by atoms with E-state index in [1.807, 2.05) is 24.4 Å². The molecule has 0 spiro atoms. The van der Waals surface area contributed by atoms with Gasteiger partial charge in [0.15, 0.2) is 0 Å². The summed E-state index contributed by atoms with van der Waals surface area (Å²) in [6.07, 6.45) is 8.57. The lowest BCUT2D eigenvalue weighted by Crippen LogP contribution is -2.34. The Hall–Kier alpha value is -1.88. The van der Waals surface area contributed by atoms with Crippen molar-refractivity contribution in [3.8, 4) is 0 Å². The Labute approximate surface area is 143 Å².